The van der Waals surface area contributed by atoms with E-state index in [4.69, 9.17) is 0 Å². The van der Waals surface area contributed by atoms with Crippen LogP contribution in [0.3, 0.4) is 0 Å². The smallest absolute Gasteiger partial charge is 0.224 e. The first kappa shape index (κ1) is 12.3. The minimum atomic E-state index is 0. The summed E-state index contributed by atoms with van der Waals surface area (Å²) in [6.07, 6.45) is 1.50. The van der Waals surface area contributed by atoms with E-state index >= 15 is 0 Å². The molecule has 0 atom stereocenters. The molecule has 0 aromatic heterocycles. The Bertz CT molecular complexity index is 301. The van der Waals surface area contributed by atoms with E-state index in [1.165, 1.54) is 5.56 Å². The lowest BCUT2D eigenvalue weighted by Crippen LogP contribution is -2.18. The van der Waals surface area contributed by atoms with Crippen LogP contribution in [0.25, 0.3) is 0 Å². The molecular formula is C9H11Cl2NO. The molecule has 2 rings (SSSR count). The fraction of sp³-hybridized carbons (Fsp3) is 0.222. The number of rotatable bonds is 0. The van der Waals surface area contributed by atoms with Crippen molar-refractivity contribution in [3.63, 3.8) is 0 Å². The van der Waals surface area contributed by atoms with Crippen molar-refractivity contribution in [3.8, 4) is 0 Å². The monoisotopic (exact) mass is 219 g/mol. The van der Waals surface area contributed by atoms with E-state index in [-0.39, 0.29) is 30.7 Å². The Hall–Kier alpha value is -0.730. The van der Waals surface area contributed by atoms with E-state index in [9.17, 15) is 4.79 Å². The molecule has 1 aliphatic heterocycles. The number of carbonyl (C=O) groups is 1. The van der Waals surface area contributed by atoms with Gasteiger partial charge in [-0.25, -0.2) is 0 Å². The SMILES string of the molecule is Cl.Cl.O=C1CCc2ccccc2N1. The minimum Gasteiger partial charge on any atom is -0.326 e. The topological polar surface area (TPSA) is 29.1 Å². The summed E-state index contributed by atoms with van der Waals surface area (Å²) in [5.74, 6) is 0.128. The number of fused-ring (bicyclic) bond motifs is 1. The molecule has 1 amide bonds. The zero-order chi connectivity index (χ0) is 7.68. The van der Waals surface area contributed by atoms with Gasteiger partial charge < -0.3 is 5.32 Å². The van der Waals surface area contributed by atoms with Gasteiger partial charge in [0.2, 0.25) is 5.91 Å². The summed E-state index contributed by atoms with van der Waals surface area (Å²) in [6.45, 7) is 0. The number of hydrogen-bond donors (Lipinski definition) is 1. The lowest BCUT2D eigenvalue weighted by molar-refractivity contribution is -0.116. The van der Waals surface area contributed by atoms with Crippen molar-refractivity contribution >= 4 is 36.4 Å². The van der Waals surface area contributed by atoms with Crippen LogP contribution in [0.15, 0.2) is 24.3 Å². The molecule has 1 aliphatic rings. The lowest BCUT2D eigenvalue weighted by atomic mass is 10.0. The van der Waals surface area contributed by atoms with Gasteiger partial charge in [0.25, 0.3) is 0 Å². The second-order valence-electron chi connectivity index (χ2n) is 2.71. The zero-order valence-electron chi connectivity index (χ0n) is 6.95. The quantitative estimate of drug-likeness (QED) is 0.714. The third kappa shape index (κ3) is 2.61. The van der Waals surface area contributed by atoms with Crippen LogP contribution < -0.4 is 5.32 Å². The highest BCUT2D eigenvalue weighted by molar-refractivity contribution is 5.93. The van der Waals surface area contributed by atoms with Gasteiger partial charge in [-0.2, -0.15) is 0 Å². The van der Waals surface area contributed by atoms with Crippen LogP contribution in [0.4, 0.5) is 5.69 Å². The van der Waals surface area contributed by atoms with E-state index < -0.39 is 0 Å². The van der Waals surface area contributed by atoms with E-state index in [2.05, 4.69) is 11.4 Å². The van der Waals surface area contributed by atoms with Gasteiger partial charge in [-0.3, -0.25) is 4.79 Å². The van der Waals surface area contributed by atoms with Gasteiger partial charge in [-0.15, -0.1) is 24.8 Å². The second-order valence-corrected chi connectivity index (χ2v) is 2.71. The fourth-order valence-electron chi connectivity index (χ4n) is 1.32. The molecule has 1 aromatic rings. The molecule has 1 heterocycles. The predicted octanol–water partition coefficient (Wildman–Crippen LogP) is 2.41. The third-order valence-electron chi connectivity index (χ3n) is 1.91. The predicted molar refractivity (Wildman–Crippen MR) is 57.9 cm³/mol. The Labute approximate surface area is 89.5 Å². The van der Waals surface area contributed by atoms with E-state index in [0.717, 1.165) is 12.1 Å². The first-order chi connectivity index (χ1) is 5.36. The standard InChI is InChI=1S/C9H9NO.2ClH/c11-9-6-5-7-3-1-2-4-8(7)10-9;;/h1-4H,5-6H2,(H,10,11);2*1H. The van der Waals surface area contributed by atoms with Gasteiger partial charge in [0.15, 0.2) is 0 Å². The number of aryl methyl sites for hydroxylation is 1. The first-order valence-corrected chi connectivity index (χ1v) is 3.74. The Morgan fingerprint density at radius 2 is 1.77 bits per heavy atom. The Morgan fingerprint density at radius 1 is 1.08 bits per heavy atom. The number of para-hydroxylation sites is 1. The molecular weight excluding hydrogens is 209 g/mol. The average molecular weight is 220 g/mol. The van der Waals surface area contributed by atoms with E-state index in [1.807, 2.05) is 18.2 Å². The van der Waals surface area contributed by atoms with Gasteiger partial charge in [0, 0.05) is 12.1 Å². The van der Waals surface area contributed by atoms with Gasteiger partial charge in [-0.1, -0.05) is 18.2 Å². The maximum atomic E-state index is 10.9. The van der Waals surface area contributed by atoms with Gasteiger partial charge >= 0.3 is 0 Å². The first-order valence-electron chi connectivity index (χ1n) is 3.74. The van der Waals surface area contributed by atoms with Crippen LogP contribution in [-0.4, -0.2) is 5.91 Å². The summed E-state index contributed by atoms with van der Waals surface area (Å²) in [5.41, 5.74) is 2.22. The molecule has 0 aliphatic carbocycles. The molecule has 0 fully saturated rings. The van der Waals surface area contributed by atoms with Crippen LogP contribution in [0.1, 0.15) is 12.0 Å². The number of benzene rings is 1. The van der Waals surface area contributed by atoms with Crippen LogP contribution >= 0.6 is 24.8 Å². The van der Waals surface area contributed by atoms with Crippen molar-refractivity contribution in [2.75, 3.05) is 5.32 Å². The van der Waals surface area contributed by atoms with E-state index in [0.29, 0.717) is 6.42 Å². The van der Waals surface area contributed by atoms with Crippen LogP contribution in [0.2, 0.25) is 0 Å². The third-order valence-corrected chi connectivity index (χ3v) is 1.91. The molecule has 0 radical (unpaired) electrons. The highest BCUT2D eigenvalue weighted by atomic mass is 35.5. The molecule has 0 saturated carbocycles. The number of carbonyl (C=O) groups excluding carboxylic acids is 1. The summed E-state index contributed by atoms with van der Waals surface area (Å²) in [5, 5.41) is 2.82. The summed E-state index contributed by atoms with van der Waals surface area (Å²) in [6, 6.07) is 7.92. The van der Waals surface area contributed by atoms with E-state index in [1.54, 1.807) is 0 Å². The molecule has 2 nitrogen and oxygen atoms in total. The highest BCUT2D eigenvalue weighted by Gasteiger charge is 2.12. The molecule has 1 aromatic carbocycles. The van der Waals surface area contributed by atoms with Gasteiger partial charge in [0.05, 0.1) is 0 Å². The summed E-state index contributed by atoms with van der Waals surface area (Å²) in [4.78, 5) is 10.9. The highest BCUT2D eigenvalue weighted by Crippen LogP contribution is 2.20. The summed E-state index contributed by atoms with van der Waals surface area (Å²) >= 11 is 0. The molecule has 0 spiro atoms. The van der Waals surface area contributed by atoms with Crippen molar-refractivity contribution in [2.24, 2.45) is 0 Å². The van der Waals surface area contributed by atoms with Crippen molar-refractivity contribution in [2.45, 2.75) is 12.8 Å². The second kappa shape index (κ2) is 5.10. The minimum absolute atomic E-state index is 0. The fourth-order valence-corrected chi connectivity index (χ4v) is 1.32. The molecule has 13 heavy (non-hydrogen) atoms. The van der Waals surface area contributed by atoms with Gasteiger partial charge in [0.1, 0.15) is 0 Å². The molecule has 0 saturated heterocycles. The number of nitrogens with one attached hydrogen (secondary N) is 1. The van der Waals surface area contributed by atoms with Crippen molar-refractivity contribution < 1.29 is 4.79 Å². The Kier molecular flexibility index (Phi) is 4.81. The number of amides is 1. The largest absolute Gasteiger partial charge is 0.326 e. The number of hydrogen-bond acceptors (Lipinski definition) is 1. The molecule has 4 heteroatoms. The Balaban J connectivity index is 0.000000720. The molecule has 0 bridgehead atoms. The van der Waals surface area contributed by atoms with Gasteiger partial charge in [-0.05, 0) is 18.1 Å². The normalized spacial score (nSPS) is 13.1. The maximum absolute atomic E-state index is 10.9. The number of halogens is 2. The van der Waals surface area contributed by atoms with Crippen LogP contribution in [0, 0.1) is 0 Å². The summed E-state index contributed by atoms with van der Waals surface area (Å²) in [7, 11) is 0. The number of anilines is 1. The average Bonchev–Trinajstić information content (AvgIpc) is 2.04. The molecule has 1 N–H and O–H groups in total. The summed E-state index contributed by atoms with van der Waals surface area (Å²) < 4.78 is 0. The van der Waals surface area contributed by atoms with Crippen LogP contribution in [-0.2, 0) is 11.2 Å². The zero-order valence-corrected chi connectivity index (χ0v) is 8.58. The lowest BCUT2D eigenvalue weighted by Gasteiger charge is -2.15. The van der Waals surface area contributed by atoms with Crippen molar-refractivity contribution in [3.05, 3.63) is 29.8 Å². The van der Waals surface area contributed by atoms with Crippen molar-refractivity contribution in [1.82, 2.24) is 0 Å². The Morgan fingerprint density at radius 3 is 2.54 bits per heavy atom. The van der Waals surface area contributed by atoms with Crippen molar-refractivity contribution in [1.29, 1.82) is 0 Å². The molecule has 72 valence electrons. The maximum Gasteiger partial charge on any atom is 0.224 e. The molecule has 0 unspecified atom stereocenters. The van der Waals surface area contributed by atoms with Crippen LogP contribution in [0.5, 0.6) is 0 Å².